The number of esters is 1. The van der Waals surface area contributed by atoms with Gasteiger partial charge in [-0.05, 0) is 48.4 Å². The highest BCUT2D eigenvalue weighted by Crippen LogP contribution is 2.32. The molecule has 0 saturated heterocycles. The number of hydrogen-bond donors (Lipinski definition) is 1. The molecule has 1 unspecified atom stereocenters. The molecule has 1 atom stereocenters. The maximum absolute atomic E-state index is 12.1. The van der Waals surface area contributed by atoms with Crippen LogP contribution in [0.1, 0.15) is 18.1 Å². The van der Waals surface area contributed by atoms with Gasteiger partial charge in [0.05, 0.1) is 0 Å². The van der Waals surface area contributed by atoms with Crippen molar-refractivity contribution in [1.29, 1.82) is 0 Å². The Morgan fingerprint density at radius 3 is 2.85 bits per heavy atom. The van der Waals surface area contributed by atoms with Gasteiger partial charge in [0.25, 0.3) is 5.91 Å². The first kappa shape index (κ1) is 19.0. The molecule has 6 nitrogen and oxygen atoms in total. The average molecular weight is 432 g/mol. The average Bonchev–Trinajstić information content (AvgIpc) is 3.12. The number of amides is 1. The molecule has 1 aliphatic rings. The van der Waals surface area contributed by atoms with Gasteiger partial charge < -0.3 is 19.5 Å². The molecule has 0 spiro atoms. The molecule has 1 amide bonds. The molecule has 0 radical (unpaired) electrons. The molecule has 0 fully saturated rings. The Labute approximate surface area is 165 Å². The van der Waals surface area contributed by atoms with E-state index in [4.69, 9.17) is 14.2 Å². The van der Waals surface area contributed by atoms with Gasteiger partial charge in [0, 0.05) is 17.1 Å². The summed E-state index contributed by atoms with van der Waals surface area (Å²) in [6.07, 6.45) is 2.02. The van der Waals surface area contributed by atoms with Crippen molar-refractivity contribution in [3.05, 3.63) is 64.1 Å². The van der Waals surface area contributed by atoms with Crippen molar-refractivity contribution in [2.45, 2.75) is 19.6 Å². The lowest BCUT2D eigenvalue weighted by atomic mass is 10.2. The molecule has 0 saturated carbocycles. The first-order chi connectivity index (χ1) is 13.0. The van der Waals surface area contributed by atoms with E-state index in [-0.39, 0.29) is 12.7 Å². The Kier molecular flexibility index (Phi) is 6.13. The Bertz CT molecular complexity index is 880. The third-order valence-corrected chi connectivity index (χ3v) is 4.32. The zero-order chi connectivity index (χ0) is 19.2. The number of benzene rings is 2. The molecular weight excluding hydrogens is 414 g/mol. The number of hydrogen-bond acceptors (Lipinski definition) is 5. The van der Waals surface area contributed by atoms with Crippen molar-refractivity contribution >= 4 is 33.9 Å². The first-order valence-corrected chi connectivity index (χ1v) is 9.11. The summed E-state index contributed by atoms with van der Waals surface area (Å²) >= 11 is 3.36. The molecule has 0 aromatic heterocycles. The Balaban J connectivity index is 1.47. The topological polar surface area (TPSA) is 73.9 Å². The minimum Gasteiger partial charge on any atom is -0.454 e. The predicted octanol–water partition coefficient (Wildman–Crippen LogP) is 3.44. The standard InChI is InChI=1S/C20H18BrNO5/c1-13(27-19(23)8-6-14-3-2-4-16(21)9-14)20(24)22-11-15-5-7-17-18(10-15)26-12-25-17/h2-10,13H,11-12H2,1H3,(H,22,24). The fourth-order valence-corrected chi connectivity index (χ4v) is 2.84. The van der Waals surface area contributed by atoms with Crippen LogP contribution in [0, 0.1) is 0 Å². The van der Waals surface area contributed by atoms with Gasteiger partial charge in [-0.1, -0.05) is 34.1 Å². The normalized spacial score (nSPS) is 13.4. The molecule has 2 aromatic rings. The number of halogens is 1. The molecule has 1 N–H and O–H groups in total. The van der Waals surface area contributed by atoms with E-state index in [1.807, 2.05) is 30.3 Å². The third kappa shape index (κ3) is 5.34. The largest absolute Gasteiger partial charge is 0.454 e. The predicted molar refractivity (Wildman–Crippen MR) is 103 cm³/mol. The van der Waals surface area contributed by atoms with Crippen LogP contribution in [0.2, 0.25) is 0 Å². The van der Waals surface area contributed by atoms with Crippen LogP contribution in [-0.2, 0) is 20.9 Å². The molecule has 2 aromatic carbocycles. The summed E-state index contributed by atoms with van der Waals surface area (Å²) in [6.45, 7) is 2.02. The Morgan fingerprint density at radius 1 is 1.22 bits per heavy atom. The van der Waals surface area contributed by atoms with Crippen LogP contribution >= 0.6 is 15.9 Å². The van der Waals surface area contributed by atoms with Crippen molar-refractivity contribution in [3.63, 3.8) is 0 Å². The second-order valence-corrected chi connectivity index (χ2v) is 6.79. The van der Waals surface area contributed by atoms with E-state index >= 15 is 0 Å². The highest BCUT2D eigenvalue weighted by Gasteiger charge is 2.17. The molecule has 140 valence electrons. The van der Waals surface area contributed by atoms with Crippen LogP contribution in [0.15, 0.2) is 53.0 Å². The van der Waals surface area contributed by atoms with Crippen molar-refractivity contribution in [1.82, 2.24) is 5.32 Å². The first-order valence-electron chi connectivity index (χ1n) is 8.32. The molecule has 27 heavy (non-hydrogen) atoms. The van der Waals surface area contributed by atoms with E-state index in [0.29, 0.717) is 18.0 Å². The van der Waals surface area contributed by atoms with Crippen LogP contribution in [-0.4, -0.2) is 24.8 Å². The van der Waals surface area contributed by atoms with Gasteiger partial charge in [-0.3, -0.25) is 4.79 Å². The second-order valence-electron chi connectivity index (χ2n) is 5.87. The number of carbonyl (C=O) groups is 2. The quantitative estimate of drug-likeness (QED) is 0.559. The van der Waals surface area contributed by atoms with E-state index in [0.717, 1.165) is 15.6 Å². The monoisotopic (exact) mass is 431 g/mol. The van der Waals surface area contributed by atoms with Gasteiger partial charge in [-0.2, -0.15) is 0 Å². The summed E-state index contributed by atoms with van der Waals surface area (Å²) in [7, 11) is 0. The van der Waals surface area contributed by atoms with Crippen molar-refractivity contribution in [2.24, 2.45) is 0 Å². The van der Waals surface area contributed by atoms with E-state index in [9.17, 15) is 9.59 Å². The van der Waals surface area contributed by atoms with Crippen molar-refractivity contribution in [2.75, 3.05) is 6.79 Å². The van der Waals surface area contributed by atoms with Gasteiger partial charge in [0.2, 0.25) is 6.79 Å². The minimum absolute atomic E-state index is 0.200. The minimum atomic E-state index is -0.904. The smallest absolute Gasteiger partial charge is 0.331 e. The molecule has 7 heteroatoms. The summed E-state index contributed by atoms with van der Waals surface area (Å²) in [5.74, 6) is 0.376. The lowest BCUT2D eigenvalue weighted by molar-refractivity contribution is -0.150. The van der Waals surface area contributed by atoms with Gasteiger partial charge >= 0.3 is 5.97 Å². The highest BCUT2D eigenvalue weighted by molar-refractivity contribution is 9.10. The molecular formula is C20H18BrNO5. The summed E-state index contributed by atoms with van der Waals surface area (Å²) < 4.78 is 16.6. The fraction of sp³-hybridized carbons (Fsp3) is 0.200. The Morgan fingerprint density at radius 2 is 2.04 bits per heavy atom. The summed E-state index contributed by atoms with van der Waals surface area (Å²) in [5, 5.41) is 2.73. The number of nitrogens with one attached hydrogen (secondary N) is 1. The van der Waals surface area contributed by atoms with Crippen LogP contribution in [0.3, 0.4) is 0 Å². The van der Waals surface area contributed by atoms with Crippen LogP contribution in [0.5, 0.6) is 11.5 Å². The molecule has 0 bridgehead atoms. The molecule has 0 aliphatic carbocycles. The zero-order valence-electron chi connectivity index (χ0n) is 14.6. The van der Waals surface area contributed by atoms with Crippen LogP contribution in [0.25, 0.3) is 6.08 Å². The number of ether oxygens (including phenoxy) is 3. The van der Waals surface area contributed by atoms with Gasteiger partial charge in [-0.25, -0.2) is 4.79 Å². The molecule has 3 rings (SSSR count). The number of fused-ring (bicyclic) bond motifs is 1. The summed E-state index contributed by atoms with van der Waals surface area (Å²) in [5.41, 5.74) is 1.71. The lowest BCUT2D eigenvalue weighted by Gasteiger charge is -2.12. The van der Waals surface area contributed by atoms with E-state index in [2.05, 4.69) is 21.2 Å². The molecule has 1 heterocycles. The molecule has 1 aliphatic heterocycles. The van der Waals surface area contributed by atoms with E-state index in [1.54, 1.807) is 18.2 Å². The van der Waals surface area contributed by atoms with Crippen molar-refractivity contribution in [3.8, 4) is 11.5 Å². The van der Waals surface area contributed by atoms with Gasteiger partial charge in [0.1, 0.15) is 0 Å². The van der Waals surface area contributed by atoms with Crippen LogP contribution < -0.4 is 14.8 Å². The summed E-state index contributed by atoms with van der Waals surface area (Å²) in [6, 6.07) is 12.9. The Hall–Kier alpha value is -2.80. The maximum atomic E-state index is 12.1. The van der Waals surface area contributed by atoms with E-state index < -0.39 is 12.1 Å². The van der Waals surface area contributed by atoms with Crippen LogP contribution in [0.4, 0.5) is 0 Å². The number of rotatable bonds is 6. The third-order valence-electron chi connectivity index (χ3n) is 3.83. The van der Waals surface area contributed by atoms with E-state index in [1.165, 1.54) is 13.0 Å². The van der Waals surface area contributed by atoms with Gasteiger partial charge in [-0.15, -0.1) is 0 Å². The maximum Gasteiger partial charge on any atom is 0.331 e. The van der Waals surface area contributed by atoms with Crippen molar-refractivity contribution < 1.29 is 23.8 Å². The number of carbonyl (C=O) groups excluding carboxylic acids is 2. The van der Waals surface area contributed by atoms with Gasteiger partial charge in [0.15, 0.2) is 17.6 Å². The fourth-order valence-electron chi connectivity index (χ4n) is 2.43. The zero-order valence-corrected chi connectivity index (χ0v) is 16.2. The second kappa shape index (κ2) is 8.73. The lowest BCUT2D eigenvalue weighted by Crippen LogP contribution is -2.35. The highest BCUT2D eigenvalue weighted by atomic mass is 79.9. The summed E-state index contributed by atoms with van der Waals surface area (Å²) in [4.78, 5) is 24.0. The SMILES string of the molecule is CC(OC(=O)C=Cc1cccc(Br)c1)C(=O)NCc1ccc2c(c1)OCO2.